The number of esters is 2. The number of benzene rings is 4. The molecule has 0 aromatic heterocycles. The summed E-state index contributed by atoms with van der Waals surface area (Å²) in [7, 11) is 3.34. The number of ether oxygens (including phenoxy) is 3. The monoisotopic (exact) mass is 688 g/mol. The van der Waals surface area contributed by atoms with Crippen molar-refractivity contribution < 1.29 is 33.4 Å². The van der Waals surface area contributed by atoms with Gasteiger partial charge in [0.05, 0.1) is 0 Å². The zero-order chi connectivity index (χ0) is 35.7. The van der Waals surface area contributed by atoms with Gasteiger partial charge in [0.1, 0.15) is 13.2 Å². The lowest BCUT2D eigenvalue weighted by Gasteiger charge is -2.19. The highest BCUT2D eigenvalue weighted by molar-refractivity contribution is 5.85. The molecule has 0 aliphatic heterocycles. The zero-order valence-electron chi connectivity index (χ0n) is 29.2. The van der Waals surface area contributed by atoms with Crippen molar-refractivity contribution in [2.45, 2.75) is 50.4 Å². The van der Waals surface area contributed by atoms with E-state index in [-0.39, 0.29) is 37.9 Å². The second kappa shape index (κ2) is 16.5. The van der Waals surface area contributed by atoms with Crippen molar-refractivity contribution in [2.75, 3.05) is 40.4 Å². The summed E-state index contributed by atoms with van der Waals surface area (Å²) in [6.45, 7) is 1.32. The molecule has 0 saturated carbocycles. The van der Waals surface area contributed by atoms with Crippen molar-refractivity contribution in [3.63, 3.8) is 0 Å². The molecular weight excluding hydrogens is 644 g/mol. The molecule has 0 atom stereocenters. The van der Waals surface area contributed by atoms with Gasteiger partial charge in [-0.25, -0.2) is 9.59 Å². The summed E-state index contributed by atoms with van der Waals surface area (Å²) in [5, 5.41) is 0. The molecule has 0 unspecified atom stereocenters. The maximum Gasteiger partial charge on any atom is 0.409 e. The third-order valence-electron chi connectivity index (χ3n) is 9.77. The molecule has 0 radical (unpaired) electrons. The minimum atomic E-state index is -0.584. The number of carbonyl (C=O) groups is 4. The molecule has 4 aromatic rings. The fraction of sp³-hybridized carbons (Fsp3) is 0.333. The summed E-state index contributed by atoms with van der Waals surface area (Å²) in [4.78, 5) is 52.9. The number of hydrogen-bond donors (Lipinski definition) is 0. The van der Waals surface area contributed by atoms with E-state index in [1.807, 2.05) is 48.5 Å². The summed E-state index contributed by atoms with van der Waals surface area (Å²) in [5.41, 5.74) is 9.31. The highest BCUT2D eigenvalue weighted by atomic mass is 16.6. The average molecular weight is 689 g/mol. The first-order valence-electron chi connectivity index (χ1n) is 17.7. The molecule has 2 aliphatic carbocycles. The molecule has 264 valence electrons. The van der Waals surface area contributed by atoms with Crippen LogP contribution in [-0.2, 0) is 23.8 Å². The molecule has 2 amide bonds. The van der Waals surface area contributed by atoms with Crippen LogP contribution in [0.15, 0.2) is 97.1 Å². The number of carbonyl (C=O) groups excluding carboxylic acids is 4. The van der Waals surface area contributed by atoms with Gasteiger partial charge in [0, 0.05) is 51.9 Å². The van der Waals surface area contributed by atoms with Crippen LogP contribution >= 0.6 is 0 Å². The maximum absolute atomic E-state index is 12.7. The predicted molar refractivity (Wildman–Crippen MR) is 194 cm³/mol. The van der Waals surface area contributed by atoms with Crippen LogP contribution in [0.5, 0.6) is 0 Å². The standard InChI is InChI=1S/C42H44N2O7/c1-43(41(47)49-27-37-33-19-7-3-15-29(33)30-16-4-8-20-34(30)37)25-13-11-23-39(45)51-40(46)24-12-14-26-44(2)42(48)50-28-38-35-21-9-5-17-31(35)32-18-6-10-22-36(32)38/h3-10,15-22,37-38H,11-14,23-28H2,1-2H3. The summed E-state index contributed by atoms with van der Waals surface area (Å²) >= 11 is 0. The van der Waals surface area contributed by atoms with Crippen LogP contribution in [0.25, 0.3) is 22.3 Å². The highest BCUT2D eigenvalue weighted by Crippen LogP contribution is 2.45. The fourth-order valence-electron chi connectivity index (χ4n) is 7.06. The average Bonchev–Trinajstić information content (AvgIpc) is 3.65. The minimum Gasteiger partial charge on any atom is -0.448 e. The Balaban J connectivity index is 0.821. The third-order valence-corrected chi connectivity index (χ3v) is 9.77. The van der Waals surface area contributed by atoms with E-state index in [0.29, 0.717) is 38.8 Å². The first-order chi connectivity index (χ1) is 24.8. The van der Waals surface area contributed by atoms with Crippen LogP contribution < -0.4 is 0 Å². The van der Waals surface area contributed by atoms with Crippen LogP contribution in [0, 0.1) is 0 Å². The Hall–Kier alpha value is -5.44. The Morgan fingerprint density at radius 1 is 0.490 bits per heavy atom. The molecule has 9 heteroatoms. The SMILES string of the molecule is CN(CCCCC(=O)OC(=O)CCCCN(C)C(=O)OCC1c2ccccc2-c2ccccc21)C(=O)OCC1c2ccccc2-c2ccccc21. The van der Waals surface area contributed by atoms with Crippen molar-refractivity contribution in [1.82, 2.24) is 9.80 Å². The van der Waals surface area contributed by atoms with Gasteiger partial charge in [0.2, 0.25) is 0 Å². The van der Waals surface area contributed by atoms with E-state index in [4.69, 9.17) is 14.2 Å². The molecular formula is C42H44N2O7. The van der Waals surface area contributed by atoms with Crippen molar-refractivity contribution >= 4 is 24.1 Å². The van der Waals surface area contributed by atoms with Crippen molar-refractivity contribution in [1.29, 1.82) is 0 Å². The Labute approximate surface area is 299 Å². The molecule has 0 bridgehead atoms. The topological polar surface area (TPSA) is 102 Å². The molecule has 0 spiro atoms. The molecule has 0 saturated heterocycles. The smallest absolute Gasteiger partial charge is 0.409 e. The predicted octanol–water partition coefficient (Wildman–Crippen LogP) is 8.16. The van der Waals surface area contributed by atoms with Crippen LogP contribution in [0.1, 0.15) is 72.6 Å². The molecule has 0 heterocycles. The van der Waals surface area contributed by atoms with Gasteiger partial charge < -0.3 is 24.0 Å². The second-order valence-electron chi connectivity index (χ2n) is 13.2. The third kappa shape index (κ3) is 8.31. The Kier molecular flexibility index (Phi) is 11.5. The molecule has 6 rings (SSSR count). The number of hydrogen-bond acceptors (Lipinski definition) is 7. The normalized spacial score (nSPS) is 12.7. The molecule has 9 nitrogen and oxygen atoms in total. The molecule has 0 N–H and O–H groups in total. The Morgan fingerprint density at radius 3 is 1.14 bits per heavy atom. The lowest BCUT2D eigenvalue weighted by atomic mass is 9.98. The van der Waals surface area contributed by atoms with E-state index in [9.17, 15) is 19.2 Å². The second-order valence-corrected chi connectivity index (χ2v) is 13.2. The molecule has 4 aromatic carbocycles. The number of amides is 2. The zero-order valence-corrected chi connectivity index (χ0v) is 29.2. The van der Waals surface area contributed by atoms with E-state index in [1.54, 1.807) is 14.1 Å². The van der Waals surface area contributed by atoms with Crippen molar-refractivity contribution in [2.24, 2.45) is 0 Å². The molecule has 0 fully saturated rings. The Morgan fingerprint density at radius 2 is 0.804 bits per heavy atom. The van der Waals surface area contributed by atoms with E-state index >= 15 is 0 Å². The number of nitrogens with zero attached hydrogens (tertiary/aromatic N) is 2. The largest absolute Gasteiger partial charge is 0.448 e. The van der Waals surface area contributed by atoms with Crippen LogP contribution in [0.3, 0.4) is 0 Å². The highest BCUT2D eigenvalue weighted by Gasteiger charge is 2.30. The summed E-state index contributed by atoms with van der Waals surface area (Å²) in [6, 6.07) is 32.8. The summed E-state index contributed by atoms with van der Waals surface area (Å²) < 4.78 is 16.3. The lowest BCUT2D eigenvalue weighted by molar-refractivity contribution is -0.159. The first kappa shape index (κ1) is 35.4. The van der Waals surface area contributed by atoms with E-state index in [0.717, 1.165) is 22.3 Å². The number of fused-ring (bicyclic) bond motifs is 6. The number of rotatable bonds is 14. The van der Waals surface area contributed by atoms with Gasteiger partial charge in [-0.1, -0.05) is 97.1 Å². The lowest BCUT2D eigenvalue weighted by Crippen LogP contribution is -2.30. The quantitative estimate of drug-likeness (QED) is 0.0570. The summed E-state index contributed by atoms with van der Waals surface area (Å²) in [6.07, 6.45) is 1.38. The first-order valence-corrected chi connectivity index (χ1v) is 17.7. The maximum atomic E-state index is 12.7. The van der Waals surface area contributed by atoms with Crippen LogP contribution in [0.2, 0.25) is 0 Å². The molecule has 2 aliphatic rings. The minimum absolute atomic E-state index is 0.00992. The van der Waals surface area contributed by atoms with Gasteiger partial charge >= 0.3 is 24.1 Å². The number of unbranched alkanes of at least 4 members (excludes halogenated alkanes) is 2. The van der Waals surface area contributed by atoms with Gasteiger partial charge in [-0.05, 0) is 70.2 Å². The van der Waals surface area contributed by atoms with Crippen LogP contribution in [0.4, 0.5) is 9.59 Å². The van der Waals surface area contributed by atoms with Crippen molar-refractivity contribution in [3.8, 4) is 22.3 Å². The van der Waals surface area contributed by atoms with Gasteiger partial charge in [-0.3, -0.25) is 9.59 Å². The van der Waals surface area contributed by atoms with Gasteiger partial charge in [-0.15, -0.1) is 0 Å². The van der Waals surface area contributed by atoms with Gasteiger partial charge in [0.15, 0.2) is 0 Å². The van der Waals surface area contributed by atoms with Crippen LogP contribution in [-0.4, -0.2) is 74.3 Å². The van der Waals surface area contributed by atoms with E-state index in [2.05, 4.69) is 48.5 Å². The van der Waals surface area contributed by atoms with Gasteiger partial charge in [-0.2, -0.15) is 0 Å². The van der Waals surface area contributed by atoms with E-state index < -0.39 is 24.1 Å². The van der Waals surface area contributed by atoms with Gasteiger partial charge in [0.25, 0.3) is 0 Å². The summed E-state index contributed by atoms with van der Waals surface area (Å²) in [5.74, 6) is -1.19. The fourth-order valence-corrected chi connectivity index (χ4v) is 7.06. The molecule has 51 heavy (non-hydrogen) atoms. The Bertz CT molecular complexity index is 1660. The van der Waals surface area contributed by atoms with E-state index in [1.165, 1.54) is 32.1 Å². The van der Waals surface area contributed by atoms with Crippen molar-refractivity contribution in [3.05, 3.63) is 119 Å².